The third-order valence-electron chi connectivity index (χ3n) is 1.36. The van der Waals surface area contributed by atoms with E-state index in [1.54, 1.807) is 6.08 Å². The zero-order chi connectivity index (χ0) is 10.8. The van der Waals surface area contributed by atoms with E-state index in [4.69, 9.17) is 9.84 Å². The van der Waals surface area contributed by atoms with E-state index in [-0.39, 0.29) is 18.9 Å². The van der Waals surface area contributed by atoms with Gasteiger partial charge in [0.25, 0.3) is 0 Å². The summed E-state index contributed by atoms with van der Waals surface area (Å²) in [5.41, 5.74) is 0. The van der Waals surface area contributed by atoms with Gasteiger partial charge < -0.3 is 15.2 Å². The predicted octanol–water partition coefficient (Wildman–Crippen LogP) is 0.170. The normalized spacial score (nSPS) is 9.43. The number of aliphatic carboxylic acids is 1. The number of hydrogen-bond donors (Lipinski definition) is 2. The van der Waals surface area contributed by atoms with Gasteiger partial charge in [-0.15, -0.1) is 6.58 Å². The van der Waals surface area contributed by atoms with Gasteiger partial charge in [-0.05, 0) is 6.42 Å². The van der Waals surface area contributed by atoms with Crippen LogP contribution in [0, 0.1) is 0 Å². The maximum absolute atomic E-state index is 10.9. The molecule has 80 valence electrons. The lowest BCUT2D eigenvalue weighted by atomic mass is 10.3. The molecule has 0 aromatic rings. The molecule has 5 heteroatoms. The number of carboxylic acid groups (broad SMARTS) is 1. The van der Waals surface area contributed by atoms with Gasteiger partial charge in [0.2, 0.25) is 5.91 Å². The Bertz CT molecular complexity index is 203. The molecule has 0 heterocycles. The van der Waals surface area contributed by atoms with Crippen LogP contribution in [0.15, 0.2) is 12.7 Å². The summed E-state index contributed by atoms with van der Waals surface area (Å²) in [5.74, 6) is -1.10. The van der Waals surface area contributed by atoms with Crippen molar-refractivity contribution in [3.05, 3.63) is 12.7 Å². The first-order chi connectivity index (χ1) is 6.66. The lowest BCUT2D eigenvalue weighted by Crippen LogP contribution is -2.28. The lowest BCUT2D eigenvalue weighted by Gasteiger charge is -2.03. The molecule has 5 nitrogen and oxygen atoms in total. The fourth-order valence-corrected chi connectivity index (χ4v) is 0.753. The molecule has 0 atom stereocenters. The van der Waals surface area contributed by atoms with Crippen molar-refractivity contribution in [3.63, 3.8) is 0 Å². The average molecular weight is 201 g/mol. The number of rotatable bonds is 8. The van der Waals surface area contributed by atoms with Gasteiger partial charge in [0, 0.05) is 13.0 Å². The van der Waals surface area contributed by atoms with Crippen LogP contribution in [0.3, 0.4) is 0 Å². The first-order valence-corrected chi connectivity index (χ1v) is 4.34. The van der Waals surface area contributed by atoms with Crippen LogP contribution in [0.25, 0.3) is 0 Å². The second-order valence-corrected chi connectivity index (χ2v) is 2.65. The number of carbonyl (C=O) groups excluding carboxylic acids is 1. The number of amides is 1. The second-order valence-electron chi connectivity index (χ2n) is 2.65. The summed E-state index contributed by atoms with van der Waals surface area (Å²) in [5, 5.41) is 10.8. The highest BCUT2D eigenvalue weighted by molar-refractivity contribution is 5.77. The van der Waals surface area contributed by atoms with Crippen LogP contribution in [0.1, 0.15) is 12.8 Å². The molecule has 2 N–H and O–H groups in total. The van der Waals surface area contributed by atoms with E-state index in [0.717, 1.165) is 0 Å². The maximum Gasteiger partial charge on any atom is 0.303 e. The Kier molecular flexibility index (Phi) is 7.45. The van der Waals surface area contributed by atoms with Crippen molar-refractivity contribution in [1.82, 2.24) is 5.32 Å². The smallest absolute Gasteiger partial charge is 0.303 e. The van der Waals surface area contributed by atoms with E-state index in [1.807, 2.05) is 0 Å². The van der Waals surface area contributed by atoms with Gasteiger partial charge in [-0.2, -0.15) is 0 Å². The summed E-state index contributed by atoms with van der Waals surface area (Å²) in [6.45, 7) is 4.12. The van der Waals surface area contributed by atoms with Crippen LogP contribution in [0.5, 0.6) is 0 Å². The molecule has 0 aromatic carbocycles. The molecule has 0 rings (SSSR count). The van der Waals surface area contributed by atoms with Crippen molar-refractivity contribution in [2.45, 2.75) is 12.8 Å². The topological polar surface area (TPSA) is 75.6 Å². The minimum absolute atomic E-state index is 0.0148. The largest absolute Gasteiger partial charge is 0.481 e. The Balaban J connectivity index is 3.26. The van der Waals surface area contributed by atoms with E-state index in [0.29, 0.717) is 19.6 Å². The van der Waals surface area contributed by atoms with Gasteiger partial charge in [0.15, 0.2) is 0 Å². The molecule has 0 aliphatic rings. The average Bonchev–Trinajstić information content (AvgIpc) is 2.13. The molecule has 0 saturated carbocycles. The van der Waals surface area contributed by atoms with Crippen LogP contribution in [-0.2, 0) is 14.3 Å². The Hall–Kier alpha value is -1.36. The molecule has 0 unspecified atom stereocenters. The number of nitrogens with one attached hydrogen (secondary N) is 1. The molecular formula is C9H15NO4. The van der Waals surface area contributed by atoms with Crippen LogP contribution in [0.4, 0.5) is 0 Å². The molecule has 1 amide bonds. The number of hydrogen-bond acceptors (Lipinski definition) is 3. The van der Waals surface area contributed by atoms with Gasteiger partial charge in [0.1, 0.15) is 6.61 Å². The zero-order valence-corrected chi connectivity index (χ0v) is 7.99. The Labute approximate surface area is 82.7 Å². The molecule has 0 fully saturated rings. The molecule has 0 radical (unpaired) electrons. The highest BCUT2D eigenvalue weighted by atomic mass is 16.5. The summed E-state index contributed by atoms with van der Waals surface area (Å²) in [6, 6.07) is 0. The number of carboxylic acids is 1. The van der Waals surface area contributed by atoms with Crippen LogP contribution in [0.2, 0.25) is 0 Å². The standard InChI is InChI=1S/C9H15NO4/c1-2-6-14-7-8(11)10-5-3-4-9(12)13/h2H,1,3-7H2,(H,10,11)(H,12,13). The first kappa shape index (κ1) is 12.6. The fraction of sp³-hybridized carbons (Fsp3) is 0.556. The van der Waals surface area contributed by atoms with Gasteiger partial charge in [0.05, 0.1) is 6.61 Å². The van der Waals surface area contributed by atoms with Gasteiger partial charge in [-0.1, -0.05) is 6.08 Å². The van der Waals surface area contributed by atoms with E-state index >= 15 is 0 Å². The van der Waals surface area contributed by atoms with Gasteiger partial charge >= 0.3 is 5.97 Å². The molecule has 0 saturated heterocycles. The third kappa shape index (κ3) is 8.73. The first-order valence-electron chi connectivity index (χ1n) is 4.34. The van der Waals surface area contributed by atoms with Crippen molar-refractivity contribution >= 4 is 11.9 Å². The van der Waals surface area contributed by atoms with E-state index < -0.39 is 5.97 Å². The van der Waals surface area contributed by atoms with E-state index in [1.165, 1.54) is 0 Å². The fourth-order valence-electron chi connectivity index (χ4n) is 0.753. The summed E-state index contributed by atoms with van der Waals surface area (Å²) in [7, 11) is 0. The van der Waals surface area contributed by atoms with Crippen molar-refractivity contribution in [3.8, 4) is 0 Å². The van der Waals surface area contributed by atoms with Gasteiger partial charge in [-0.3, -0.25) is 9.59 Å². The summed E-state index contributed by atoms with van der Waals surface area (Å²) in [6.07, 6.45) is 2.05. The summed E-state index contributed by atoms with van der Waals surface area (Å²) >= 11 is 0. The maximum atomic E-state index is 10.9. The molecular weight excluding hydrogens is 186 g/mol. The highest BCUT2D eigenvalue weighted by Gasteiger charge is 2.00. The summed E-state index contributed by atoms with van der Waals surface area (Å²) < 4.78 is 4.88. The van der Waals surface area contributed by atoms with Crippen LogP contribution >= 0.6 is 0 Å². The Morgan fingerprint density at radius 1 is 1.50 bits per heavy atom. The Morgan fingerprint density at radius 3 is 2.79 bits per heavy atom. The highest BCUT2D eigenvalue weighted by Crippen LogP contribution is 1.86. The molecule has 0 spiro atoms. The number of carbonyl (C=O) groups is 2. The van der Waals surface area contributed by atoms with Gasteiger partial charge in [-0.25, -0.2) is 0 Å². The van der Waals surface area contributed by atoms with Crippen LogP contribution < -0.4 is 5.32 Å². The minimum atomic E-state index is -0.859. The monoisotopic (exact) mass is 201 g/mol. The SMILES string of the molecule is C=CCOCC(=O)NCCCC(=O)O. The van der Waals surface area contributed by atoms with Crippen molar-refractivity contribution in [1.29, 1.82) is 0 Å². The molecule has 0 aromatic heterocycles. The zero-order valence-electron chi connectivity index (χ0n) is 7.99. The molecule has 0 aliphatic heterocycles. The Morgan fingerprint density at radius 2 is 2.21 bits per heavy atom. The number of ether oxygens (including phenoxy) is 1. The molecule has 0 aliphatic carbocycles. The summed E-state index contributed by atoms with van der Waals surface area (Å²) in [4.78, 5) is 21.1. The van der Waals surface area contributed by atoms with Crippen molar-refractivity contribution < 1.29 is 19.4 Å². The minimum Gasteiger partial charge on any atom is -0.481 e. The second kappa shape index (κ2) is 8.25. The third-order valence-corrected chi connectivity index (χ3v) is 1.36. The van der Waals surface area contributed by atoms with E-state index in [2.05, 4.69) is 11.9 Å². The molecule has 0 bridgehead atoms. The molecule has 14 heavy (non-hydrogen) atoms. The van der Waals surface area contributed by atoms with Crippen LogP contribution in [-0.4, -0.2) is 36.7 Å². The van der Waals surface area contributed by atoms with Crippen molar-refractivity contribution in [2.24, 2.45) is 0 Å². The predicted molar refractivity (Wildman–Crippen MR) is 50.9 cm³/mol. The van der Waals surface area contributed by atoms with E-state index in [9.17, 15) is 9.59 Å². The van der Waals surface area contributed by atoms with Crippen molar-refractivity contribution in [2.75, 3.05) is 19.8 Å². The lowest BCUT2D eigenvalue weighted by molar-refractivity contribution is -0.137. The quantitative estimate of drug-likeness (QED) is 0.433.